The van der Waals surface area contributed by atoms with Gasteiger partial charge in [-0.25, -0.2) is 4.98 Å². The largest absolute Gasteiger partial charge is 0.497 e. The average Bonchev–Trinajstić information content (AvgIpc) is 2.69. The van der Waals surface area contributed by atoms with E-state index in [1.54, 1.807) is 18.2 Å². The Morgan fingerprint density at radius 3 is 2.68 bits per heavy atom. The molecule has 0 aliphatic carbocycles. The maximum atomic E-state index is 12.5. The molecule has 0 atom stereocenters. The van der Waals surface area contributed by atoms with Crippen LogP contribution in [0.3, 0.4) is 0 Å². The molecule has 10 nitrogen and oxygen atoms in total. The third-order valence-electron chi connectivity index (χ3n) is 4.01. The van der Waals surface area contributed by atoms with Crippen LogP contribution in [-0.4, -0.2) is 34.6 Å². The quantitative estimate of drug-likeness (QED) is 0.508. The summed E-state index contributed by atoms with van der Waals surface area (Å²) in [7, 11) is 2.96. The van der Waals surface area contributed by atoms with Crippen LogP contribution in [-0.2, 0) is 11.3 Å². The molecule has 144 valence electrons. The van der Waals surface area contributed by atoms with Gasteiger partial charge < -0.3 is 14.8 Å². The molecule has 0 saturated heterocycles. The van der Waals surface area contributed by atoms with Gasteiger partial charge in [-0.3, -0.25) is 24.3 Å². The summed E-state index contributed by atoms with van der Waals surface area (Å²) < 4.78 is 11.5. The molecule has 28 heavy (non-hydrogen) atoms. The minimum Gasteiger partial charge on any atom is -0.497 e. The number of benzene rings is 2. The van der Waals surface area contributed by atoms with Crippen molar-refractivity contribution in [2.45, 2.75) is 6.54 Å². The summed E-state index contributed by atoms with van der Waals surface area (Å²) in [5, 5.41) is 13.7. The number of nitrogens with one attached hydrogen (secondary N) is 1. The van der Waals surface area contributed by atoms with E-state index in [1.165, 1.54) is 38.7 Å². The van der Waals surface area contributed by atoms with Crippen LogP contribution in [0.2, 0.25) is 0 Å². The summed E-state index contributed by atoms with van der Waals surface area (Å²) in [5.41, 5.74) is -0.0673. The number of carbonyl (C=O) groups is 1. The van der Waals surface area contributed by atoms with E-state index in [1.807, 2.05) is 0 Å². The van der Waals surface area contributed by atoms with Crippen LogP contribution in [0, 0.1) is 10.1 Å². The van der Waals surface area contributed by atoms with Gasteiger partial charge in [0, 0.05) is 18.2 Å². The molecule has 0 radical (unpaired) electrons. The van der Waals surface area contributed by atoms with Gasteiger partial charge in [0.25, 0.3) is 11.2 Å². The van der Waals surface area contributed by atoms with Crippen molar-refractivity contribution < 1.29 is 19.2 Å². The smallest absolute Gasteiger partial charge is 0.271 e. The van der Waals surface area contributed by atoms with Crippen LogP contribution in [0.5, 0.6) is 11.5 Å². The van der Waals surface area contributed by atoms with Gasteiger partial charge in [-0.15, -0.1) is 0 Å². The second kappa shape index (κ2) is 7.74. The van der Waals surface area contributed by atoms with Gasteiger partial charge in [-0.05, 0) is 18.2 Å². The van der Waals surface area contributed by atoms with Crippen LogP contribution in [0.4, 0.5) is 11.4 Å². The molecule has 0 aliphatic rings. The normalized spacial score (nSPS) is 10.5. The number of rotatable bonds is 6. The molecule has 0 spiro atoms. The molecule has 1 N–H and O–H groups in total. The highest BCUT2D eigenvalue weighted by molar-refractivity contribution is 5.92. The maximum Gasteiger partial charge on any atom is 0.271 e. The number of nitrogens with zero attached hydrogens (tertiary/aromatic N) is 3. The first-order valence-electron chi connectivity index (χ1n) is 8.08. The highest BCUT2D eigenvalue weighted by Gasteiger charge is 2.14. The molecule has 1 heterocycles. The molecule has 0 fully saturated rings. The summed E-state index contributed by atoms with van der Waals surface area (Å²) in [5.74, 6) is 0.490. The number of ether oxygens (including phenoxy) is 2. The van der Waals surface area contributed by atoms with Crippen molar-refractivity contribution in [3.8, 4) is 11.5 Å². The van der Waals surface area contributed by atoms with Gasteiger partial charge >= 0.3 is 0 Å². The minimum absolute atomic E-state index is 0.167. The highest BCUT2D eigenvalue weighted by atomic mass is 16.6. The molecule has 0 unspecified atom stereocenters. The van der Waals surface area contributed by atoms with Crippen molar-refractivity contribution in [3.63, 3.8) is 0 Å². The van der Waals surface area contributed by atoms with Gasteiger partial charge in [0.05, 0.1) is 42.1 Å². The molecule has 1 amide bonds. The Labute approximate surface area is 158 Å². The van der Waals surface area contributed by atoms with Gasteiger partial charge in [0.1, 0.15) is 18.0 Å². The van der Waals surface area contributed by atoms with E-state index in [0.717, 1.165) is 4.57 Å². The maximum absolute atomic E-state index is 12.5. The number of nitro benzene ring substituents is 1. The Morgan fingerprint density at radius 2 is 2.00 bits per heavy atom. The first-order chi connectivity index (χ1) is 13.4. The van der Waals surface area contributed by atoms with Crippen LogP contribution in [0.15, 0.2) is 47.5 Å². The number of anilines is 1. The highest BCUT2D eigenvalue weighted by Crippen LogP contribution is 2.28. The lowest BCUT2D eigenvalue weighted by atomic mass is 10.2. The van der Waals surface area contributed by atoms with E-state index in [0.29, 0.717) is 17.2 Å². The molecule has 2 aromatic carbocycles. The monoisotopic (exact) mass is 384 g/mol. The predicted molar refractivity (Wildman–Crippen MR) is 101 cm³/mol. The first kappa shape index (κ1) is 18.8. The SMILES string of the molecule is COc1ccc(OC)c(NC(=O)Cn2cnc3cc([N+](=O)[O-])ccc3c2=O)c1. The summed E-state index contributed by atoms with van der Waals surface area (Å²) in [6.45, 7) is -0.293. The number of nitro groups is 1. The Hall–Kier alpha value is -3.95. The third-order valence-corrected chi connectivity index (χ3v) is 4.01. The first-order valence-corrected chi connectivity index (χ1v) is 8.08. The fourth-order valence-electron chi connectivity index (χ4n) is 2.63. The number of carbonyl (C=O) groups excluding carboxylic acids is 1. The molecule has 3 rings (SSSR count). The minimum atomic E-state index is -0.568. The van der Waals surface area contributed by atoms with E-state index in [4.69, 9.17) is 9.47 Å². The topological polar surface area (TPSA) is 126 Å². The lowest BCUT2D eigenvalue weighted by Gasteiger charge is -2.12. The third kappa shape index (κ3) is 3.75. The molecule has 3 aromatic rings. The van der Waals surface area contributed by atoms with Crippen LogP contribution in [0.1, 0.15) is 0 Å². The zero-order valence-electron chi connectivity index (χ0n) is 15.0. The number of hydrogen-bond donors (Lipinski definition) is 1. The fraction of sp³-hybridized carbons (Fsp3) is 0.167. The van der Waals surface area contributed by atoms with Crippen LogP contribution < -0.4 is 20.3 Å². The van der Waals surface area contributed by atoms with Gasteiger partial charge in [-0.2, -0.15) is 0 Å². The lowest BCUT2D eigenvalue weighted by molar-refractivity contribution is -0.384. The molecule has 0 bridgehead atoms. The Balaban J connectivity index is 1.85. The summed E-state index contributed by atoms with van der Waals surface area (Å²) in [6, 6.07) is 8.68. The number of methoxy groups -OCH3 is 2. The standard InChI is InChI=1S/C18H16N4O6/c1-27-12-4-6-16(28-2)15(8-12)20-17(23)9-21-10-19-14-7-11(22(25)26)3-5-13(14)18(21)24/h3-8,10H,9H2,1-2H3,(H,20,23). The van der Waals surface area contributed by atoms with E-state index >= 15 is 0 Å². The number of amides is 1. The van der Waals surface area contributed by atoms with E-state index < -0.39 is 16.4 Å². The van der Waals surface area contributed by atoms with Gasteiger partial charge in [-0.1, -0.05) is 0 Å². The zero-order valence-corrected chi connectivity index (χ0v) is 15.0. The van der Waals surface area contributed by atoms with E-state index in [-0.39, 0.29) is 23.1 Å². The van der Waals surface area contributed by atoms with Gasteiger partial charge in [0.2, 0.25) is 5.91 Å². The van der Waals surface area contributed by atoms with Crippen molar-refractivity contribution in [1.82, 2.24) is 9.55 Å². The summed E-state index contributed by atoms with van der Waals surface area (Å²) in [4.78, 5) is 39.3. The Kier molecular flexibility index (Phi) is 5.21. The lowest BCUT2D eigenvalue weighted by Crippen LogP contribution is -2.28. The Bertz CT molecular complexity index is 1120. The average molecular weight is 384 g/mol. The van der Waals surface area contributed by atoms with Crippen molar-refractivity contribution in [2.24, 2.45) is 0 Å². The zero-order chi connectivity index (χ0) is 20.3. The second-order valence-corrected chi connectivity index (χ2v) is 5.75. The number of aromatic nitrogens is 2. The molecule has 0 aliphatic heterocycles. The van der Waals surface area contributed by atoms with Crippen LogP contribution >= 0.6 is 0 Å². The molecule has 0 saturated carbocycles. The van der Waals surface area contributed by atoms with Crippen molar-refractivity contribution >= 4 is 28.2 Å². The van der Waals surface area contributed by atoms with Crippen molar-refractivity contribution in [2.75, 3.05) is 19.5 Å². The number of hydrogen-bond acceptors (Lipinski definition) is 7. The van der Waals surface area contributed by atoms with E-state index in [9.17, 15) is 19.7 Å². The number of non-ortho nitro benzene ring substituents is 1. The second-order valence-electron chi connectivity index (χ2n) is 5.75. The van der Waals surface area contributed by atoms with Gasteiger partial charge in [0.15, 0.2) is 0 Å². The summed E-state index contributed by atoms with van der Waals surface area (Å²) >= 11 is 0. The van der Waals surface area contributed by atoms with Crippen molar-refractivity contribution in [1.29, 1.82) is 0 Å². The molecule has 10 heteroatoms. The molecular weight excluding hydrogens is 368 g/mol. The van der Waals surface area contributed by atoms with Crippen LogP contribution in [0.25, 0.3) is 10.9 Å². The number of fused-ring (bicyclic) bond motifs is 1. The fourth-order valence-corrected chi connectivity index (χ4v) is 2.63. The van der Waals surface area contributed by atoms with Crippen molar-refractivity contribution in [3.05, 3.63) is 63.2 Å². The molecule has 1 aromatic heterocycles. The summed E-state index contributed by atoms with van der Waals surface area (Å²) in [6.07, 6.45) is 1.18. The Morgan fingerprint density at radius 1 is 1.21 bits per heavy atom. The van der Waals surface area contributed by atoms with E-state index in [2.05, 4.69) is 10.3 Å². The predicted octanol–water partition coefficient (Wildman–Crippen LogP) is 1.96. The molecular formula is C18H16N4O6.